The van der Waals surface area contributed by atoms with Crippen LogP contribution in [-0.2, 0) is 10.1 Å². The highest BCUT2D eigenvalue weighted by Gasteiger charge is 2.14. The van der Waals surface area contributed by atoms with E-state index in [4.69, 9.17) is 4.55 Å². The zero-order valence-corrected chi connectivity index (χ0v) is 9.14. The molecule has 6 nitrogen and oxygen atoms in total. The zero-order valence-electron chi connectivity index (χ0n) is 8.32. The molecule has 82 valence electrons. The third kappa shape index (κ3) is 3.30. The van der Waals surface area contributed by atoms with Gasteiger partial charge in [-0.1, -0.05) is 17.4 Å². The molecule has 0 heterocycles. The summed E-state index contributed by atoms with van der Waals surface area (Å²) in [4.78, 5) is -0.254. The van der Waals surface area contributed by atoms with E-state index in [1.807, 2.05) is 0 Å². The summed E-state index contributed by atoms with van der Waals surface area (Å²) < 4.78 is 30.8. The fraction of sp³-hybridized carbons (Fsp3) is 0.250. The SMILES string of the molecule is CN(C)N=Nc1ccccc1S(=O)(=O)O. The number of hydrogen-bond donors (Lipinski definition) is 1. The zero-order chi connectivity index (χ0) is 11.5. The molecule has 0 unspecified atom stereocenters. The van der Waals surface area contributed by atoms with Gasteiger partial charge in [-0.25, -0.2) is 0 Å². The lowest BCUT2D eigenvalue weighted by Crippen LogP contribution is -2.00. The van der Waals surface area contributed by atoms with Gasteiger partial charge in [0.25, 0.3) is 10.1 Å². The van der Waals surface area contributed by atoms with Crippen molar-refractivity contribution in [2.45, 2.75) is 4.90 Å². The topological polar surface area (TPSA) is 82.3 Å². The van der Waals surface area contributed by atoms with E-state index in [-0.39, 0.29) is 10.6 Å². The average molecular weight is 229 g/mol. The van der Waals surface area contributed by atoms with Gasteiger partial charge in [-0.15, -0.1) is 5.11 Å². The Balaban J connectivity index is 3.19. The van der Waals surface area contributed by atoms with Crippen LogP contribution < -0.4 is 0 Å². The number of hydrogen-bond acceptors (Lipinski definition) is 4. The molecule has 0 aliphatic rings. The lowest BCUT2D eigenvalue weighted by Gasteiger charge is -2.03. The number of rotatable bonds is 3. The Morgan fingerprint density at radius 2 is 1.87 bits per heavy atom. The maximum absolute atomic E-state index is 10.9. The summed E-state index contributed by atoms with van der Waals surface area (Å²) in [5.41, 5.74) is 0.105. The molecule has 0 bridgehead atoms. The molecular weight excluding hydrogens is 218 g/mol. The van der Waals surface area contributed by atoms with Crippen molar-refractivity contribution in [3.8, 4) is 0 Å². The molecule has 0 amide bonds. The van der Waals surface area contributed by atoms with Crippen molar-refractivity contribution in [1.29, 1.82) is 0 Å². The van der Waals surface area contributed by atoms with E-state index >= 15 is 0 Å². The maximum Gasteiger partial charge on any atom is 0.296 e. The molecule has 1 aromatic rings. The van der Waals surface area contributed by atoms with Gasteiger partial charge in [0.1, 0.15) is 10.6 Å². The molecule has 0 saturated carbocycles. The highest BCUT2D eigenvalue weighted by atomic mass is 32.2. The van der Waals surface area contributed by atoms with Crippen LogP contribution in [-0.4, -0.2) is 32.1 Å². The lowest BCUT2D eigenvalue weighted by molar-refractivity contribution is 0.407. The summed E-state index contributed by atoms with van der Waals surface area (Å²) in [5.74, 6) is 0. The van der Waals surface area contributed by atoms with E-state index in [9.17, 15) is 8.42 Å². The first-order chi connectivity index (χ1) is 6.91. The van der Waals surface area contributed by atoms with Crippen LogP contribution in [0.5, 0.6) is 0 Å². The van der Waals surface area contributed by atoms with Crippen LogP contribution in [0.4, 0.5) is 5.69 Å². The average Bonchev–Trinajstić information content (AvgIpc) is 2.13. The standard InChI is InChI=1S/C8H11N3O3S/c1-11(2)10-9-7-5-3-4-6-8(7)15(12,13)14/h3-6H,1-2H3,(H,12,13,14). The van der Waals surface area contributed by atoms with Crippen molar-refractivity contribution < 1.29 is 13.0 Å². The van der Waals surface area contributed by atoms with Gasteiger partial charge < -0.3 is 0 Å². The molecule has 1 aromatic carbocycles. The molecule has 0 aliphatic carbocycles. The lowest BCUT2D eigenvalue weighted by atomic mass is 10.3. The normalized spacial score (nSPS) is 11.9. The Hall–Kier alpha value is -1.47. The van der Waals surface area contributed by atoms with Crippen molar-refractivity contribution >= 4 is 15.8 Å². The summed E-state index contributed by atoms with van der Waals surface area (Å²) in [6.07, 6.45) is 0. The predicted molar refractivity (Wildman–Crippen MR) is 54.5 cm³/mol. The highest BCUT2D eigenvalue weighted by Crippen LogP contribution is 2.23. The van der Waals surface area contributed by atoms with E-state index in [1.165, 1.54) is 23.2 Å². The predicted octanol–water partition coefficient (Wildman–Crippen LogP) is 1.49. The Morgan fingerprint density at radius 1 is 1.27 bits per heavy atom. The van der Waals surface area contributed by atoms with Gasteiger partial charge in [0.05, 0.1) is 0 Å². The number of benzene rings is 1. The Labute approximate surface area is 88.0 Å². The van der Waals surface area contributed by atoms with Crippen LogP contribution >= 0.6 is 0 Å². The second-order valence-corrected chi connectivity index (χ2v) is 4.37. The van der Waals surface area contributed by atoms with Crippen LogP contribution in [0.15, 0.2) is 39.5 Å². The summed E-state index contributed by atoms with van der Waals surface area (Å²) in [6, 6.07) is 5.83. The molecular formula is C8H11N3O3S. The van der Waals surface area contributed by atoms with Crippen molar-refractivity contribution in [2.75, 3.05) is 14.1 Å². The van der Waals surface area contributed by atoms with Gasteiger partial charge in [-0.05, 0) is 12.1 Å². The van der Waals surface area contributed by atoms with Crippen molar-refractivity contribution in [3.05, 3.63) is 24.3 Å². The van der Waals surface area contributed by atoms with Crippen LogP contribution in [0.1, 0.15) is 0 Å². The largest absolute Gasteiger partial charge is 0.296 e. The Morgan fingerprint density at radius 3 is 2.40 bits per heavy atom. The summed E-state index contributed by atoms with van der Waals surface area (Å²) in [7, 11) is -0.949. The Kier molecular flexibility index (Phi) is 3.38. The maximum atomic E-state index is 10.9. The molecule has 0 spiro atoms. The summed E-state index contributed by atoms with van der Waals surface area (Å²) >= 11 is 0. The van der Waals surface area contributed by atoms with E-state index < -0.39 is 10.1 Å². The van der Waals surface area contributed by atoms with Crippen molar-refractivity contribution in [3.63, 3.8) is 0 Å². The molecule has 15 heavy (non-hydrogen) atoms. The quantitative estimate of drug-likeness (QED) is 0.483. The second kappa shape index (κ2) is 4.37. The van der Waals surface area contributed by atoms with E-state index in [1.54, 1.807) is 20.2 Å². The number of nitrogens with zero attached hydrogens (tertiary/aromatic N) is 3. The van der Waals surface area contributed by atoms with E-state index in [0.717, 1.165) is 0 Å². The molecule has 0 atom stereocenters. The van der Waals surface area contributed by atoms with Crippen molar-refractivity contribution in [1.82, 2.24) is 5.01 Å². The minimum atomic E-state index is -4.25. The molecule has 0 aromatic heterocycles. The monoisotopic (exact) mass is 229 g/mol. The fourth-order valence-electron chi connectivity index (χ4n) is 0.896. The molecule has 1 N–H and O–H groups in total. The third-order valence-corrected chi connectivity index (χ3v) is 2.38. The minimum absolute atomic E-state index is 0.105. The van der Waals surface area contributed by atoms with Gasteiger partial charge in [0.2, 0.25) is 0 Å². The fourth-order valence-corrected chi connectivity index (χ4v) is 1.52. The molecule has 0 radical (unpaired) electrons. The summed E-state index contributed by atoms with van der Waals surface area (Å²) in [6.45, 7) is 0. The van der Waals surface area contributed by atoms with E-state index in [0.29, 0.717) is 0 Å². The van der Waals surface area contributed by atoms with E-state index in [2.05, 4.69) is 10.3 Å². The first-order valence-corrected chi connectivity index (χ1v) is 5.51. The van der Waals surface area contributed by atoms with Gasteiger partial charge in [0, 0.05) is 14.1 Å². The first kappa shape index (κ1) is 11.6. The van der Waals surface area contributed by atoms with Crippen LogP contribution in [0.3, 0.4) is 0 Å². The van der Waals surface area contributed by atoms with Crippen LogP contribution in [0.25, 0.3) is 0 Å². The molecule has 1 rings (SSSR count). The van der Waals surface area contributed by atoms with Crippen molar-refractivity contribution in [2.24, 2.45) is 10.3 Å². The highest BCUT2D eigenvalue weighted by molar-refractivity contribution is 7.86. The molecule has 7 heteroatoms. The van der Waals surface area contributed by atoms with Gasteiger partial charge >= 0.3 is 0 Å². The van der Waals surface area contributed by atoms with Gasteiger partial charge in [-0.3, -0.25) is 9.56 Å². The smallest absolute Gasteiger partial charge is 0.285 e. The first-order valence-electron chi connectivity index (χ1n) is 4.07. The van der Waals surface area contributed by atoms with Crippen LogP contribution in [0, 0.1) is 0 Å². The molecule has 0 aliphatic heterocycles. The van der Waals surface area contributed by atoms with Gasteiger partial charge in [-0.2, -0.15) is 8.42 Å². The van der Waals surface area contributed by atoms with Crippen LogP contribution in [0.2, 0.25) is 0 Å². The molecule has 0 fully saturated rings. The Bertz CT molecular complexity index is 468. The van der Waals surface area contributed by atoms with Gasteiger partial charge in [0.15, 0.2) is 0 Å². The molecule has 0 saturated heterocycles. The third-order valence-electron chi connectivity index (χ3n) is 1.47. The summed E-state index contributed by atoms with van der Waals surface area (Å²) in [5, 5.41) is 8.75. The minimum Gasteiger partial charge on any atom is -0.285 e. The second-order valence-electron chi connectivity index (χ2n) is 2.98.